The number of alkyl carbamates (subject to hydrolysis) is 1. The number of nitrogens with zero attached hydrogens (tertiary/aromatic N) is 2. The van der Waals surface area contributed by atoms with Gasteiger partial charge in [-0.05, 0) is 86.3 Å². The van der Waals surface area contributed by atoms with Crippen LogP contribution in [0.15, 0.2) is 24.3 Å². The normalized spacial score (nSPS) is 33.9. The van der Waals surface area contributed by atoms with Crippen LogP contribution in [0.3, 0.4) is 0 Å². The maximum absolute atomic E-state index is 14.2. The van der Waals surface area contributed by atoms with E-state index >= 15 is 0 Å². The Morgan fingerprint density at radius 1 is 1.00 bits per heavy atom. The number of hydrogen-bond donors (Lipinski definition) is 1. The minimum atomic E-state index is -0.856. The van der Waals surface area contributed by atoms with Crippen molar-refractivity contribution < 1.29 is 28.6 Å². The number of aryl methyl sites for hydroxylation is 1. The van der Waals surface area contributed by atoms with Crippen molar-refractivity contribution >= 4 is 29.2 Å². The van der Waals surface area contributed by atoms with Crippen LogP contribution in [0.1, 0.15) is 84.6 Å². The lowest BCUT2D eigenvalue weighted by molar-refractivity contribution is -0.139. The first-order chi connectivity index (χ1) is 21.6. The summed E-state index contributed by atoms with van der Waals surface area (Å²) < 4.78 is 18.7. The first-order valence-electron chi connectivity index (χ1n) is 17.1. The number of benzene rings is 1. The zero-order valence-electron chi connectivity index (χ0n) is 27.0. The SMILES string of the molecule is C[C@@H]1[C@@H]2CN(C(=O)[C@H](C(C)(C)C)NC(=O)O[C@@H]3CC4CC4[C@H]3CCCCCc3cc4ccc(OC5CC5)cc4nc3O2)[C@@H]1C=O. The molecule has 3 heterocycles. The zero-order valence-corrected chi connectivity index (χ0v) is 27.0. The Morgan fingerprint density at radius 3 is 2.58 bits per heavy atom. The van der Waals surface area contributed by atoms with E-state index in [4.69, 9.17) is 19.2 Å². The summed E-state index contributed by atoms with van der Waals surface area (Å²) in [5, 5.41) is 3.96. The molecule has 9 heteroatoms. The van der Waals surface area contributed by atoms with Crippen LogP contribution in [-0.2, 0) is 20.7 Å². The van der Waals surface area contributed by atoms with Crippen LogP contribution in [-0.4, -0.2) is 65.1 Å². The first-order valence-corrected chi connectivity index (χ1v) is 17.1. The van der Waals surface area contributed by atoms with E-state index in [9.17, 15) is 14.4 Å². The average molecular weight is 618 g/mol. The third-order valence-electron chi connectivity index (χ3n) is 10.9. The molecule has 2 bridgehead atoms. The van der Waals surface area contributed by atoms with Gasteiger partial charge in [-0.2, -0.15) is 0 Å². The number of pyridine rings is 1. The topological polar surface area (TPSA) is 107 Å². The van der Waals surface area contributed by atoms with Gasteiger partial charge in [-0.1, -0.05) is 40.5 Å². The molecule has 4 fully saturated rings. The van der Waals surface area contributed by atoms with Crippen LogP contribution >= 0.6 is 0 Å². The molecule has 7 rings (SSSR count). The molecule has 1 aromatic carbocycles. The number of nitrogens with one attached hydrogen (secondary N) is 1. The van der Waals surface area contributed by atoms with E-state index in [0.717, 1.165) is 79.9 Å². The largest absolute Gasteiger partial charge is 0.490 e. The lowest BCUT2D eigenvalue weighted by atomic mass is 9.85. The lowest BCUT2D eigenvalue weighted by Gasteiger charge is -2.35. The molecule has 9 nitrogen and oxygen atoms in total. The van der Waals surface area contributed by atoms with Gasteiger partial charge >= 0.3 is 6.09 Å². The standard InChI is InChI=1S/C36H47N3O6/c1-20-29(19-40)39-18-31(20)44-33-22(14-21-10-11-25(17-28(21)37-33)43-24-12-13-24)8-6-5-7-9-26-27-15-23(27)16-30(26)45-35(42)38-32(34(39)41)36(2,3)4/h10-11,14,17,19-20,23-24,26-27,29-32H,5-9,12-13,15-16,18H2,1-4H3,(H,38,42)/t20-,23?,26+,27?,29+,30+,31-,32+/m0/s1. The van der Waals surface area contributed by atoms with E-state index in [-0.39, 0.29) is 24.5 Å². The summed E-state index contributed by atoms with van der Waals surface area (Å²) in [6.07, 6.45) is 9.35. The second kappa shape index (κ2) is 11.8. The van der Waals surface area contributed by atoms with Gasteiger partial charge in [-0.3, -0.25) is 4.79 Å². The second-order valence-electron chi connectivity index (χ2n) is 15.3. The fraction of sp³-hybridized carbons (Fsp3) is 0.667. The quantitative estimate of drug-likeness (QED) is 0.431. The molecule has 45 heavy (non-hydrogen) atoms. The molecule has 2 aromatic rings. The Labute approximate surface area is 265 Å². The fourth-order valence-electron chi connectivity index (χ4n) is 7.94. The molecule has 242 valence electrons. The van der Waals surface area contributed by atoms with Gasteiger partial charge in [-0.25, -0.2) is 9.78 Å². The van der Waals surface area contributed by atoms with Crippen LogP contribution in [0.4, 0.5) is 4.79 Å². The van der Waals surface area contributed by atoms with Crippen molar-refractivity contribution in [1.82, 2.24) is 15.2 Å². The molecule has 2 amide bonds. The van der Waals surface area contributed by atoms with Gasteiger partial charge in [0, 0.05) is 22.9 Å². The summed E-state index contributed by atoms with van der Waals surface area (Å²) in [5.74, 6) is 2.48. The number of rotatable bonds is 3. The molecule has 8 atom stereocenters. The van der Waals surface area contributed by atoms with Gasteiger partial charge in [-0.15, -0.1) is 0 Å². The Bertz CT molecular complexity index is 1470. The molecular weight excluding hydrogens is 570 g/mol. The predicted octanol–water partition coefficient (Wildman–Crippen LogP) is 5.85. The van der Waals surface area contributed by atoms with Crippen molar-refractivity contribution in [2.24, 2.45) is 29.1 Å². The van der Waals surface area contributed by atoms with Gasteiger partial charge in [0.15, 0.2) is 0 Å². The minimum Gasteiger partial charge on any atom is -0.490 e. The predicted molar refractivity (Wildman–Crippen MR) is 169 cm³/mol. The molecule has 1 saturated heterocycles. The Kier molecular flexibility index (Phi) is 7.93. The number of amides is 2. The van der Waals surface area contributed by atoms with E-state index in [1.54, 1.807) is 4.90 Å². The highest BCUT2D eigenvalue weighted by Gasteiger charge is 2.54. The summed E-state index contributed by atoms with van der Waals surface area (Å²) >= 11 is 0. The molecule has 3 saturated carbocycles. The van der Waals surface area contributed by atoms with Crippen LogP contribution in [0.25, 0.3) is 10.9 Å². The highest BCUT2D eigenvalue weighted by Crippen LogP contribution is 2.57. The highest BCUT2D eigenvalue weighted by atomic mass is 16.6. The second-order valence-corrected chi connectivity index (χ2v) is 15.3. The number of aldehydes is 1. The molecule has 1 N–H and O–H groups in total. The van der Waals surface area contributed by atoms with Crippen LogP contribution in [0.2, 0.25) is 0 Å². The van der Waals surface area contributed by atoms with Crippen molar-refractivity contribution in [2.45, 2.75) is 116 Å². The van der Waals surface area contributed by atoms with Gasteiger partial charge in [0.25, 0.3) is 0 Å². The van der Waals surface area contributed by atoms with Crippen LogP contribution < -0.4 is 14.8 Å². The van der Waals surface area contributed by atoms with E-state index in [2.05, 4.69) is 17.4 Å². The summed E-state index contributed by atoms with van der Waals surface area (Å²) in [4.78, 5) is 46.5. The molecule has 2 unspecified atom stereocenters. The van der Waals surface area contributed by atoms with E-state index in [1.807, 2.05) is 39.8 Å². The molecular formula is C36H47N3O6. The third-order valence-corrected chi connectivity index (χ3v) is 10.9. The average Bonchev–Trinajstić information content (AvgIpc) is 3.91. The third kappa shape index (κ3) is 6.24. The fourth-order valence-corrected chi connectivity index (χ4v) is 7.94. The molecule has 0 spiro atoms. The zero-order chi connectivity index (χ0) is 31.5. The molecule has 2 aliphatic heterocycles. The monoisotopic (exact) mass is 617 g/mol. The highest BCUT2D eigenvalue weighted by molar-refractivity contribution is 5.89. The van der Waals surface area contributed by atoms with Crippen LogP contribution in [0.5, 0.6) is 11.6 Å². The molecule has 0 radical (unpaired) electrons. The number of fused-ring (bicyclic) bond motifs is 7. The van der Waals surface area contributed by atoms with Crippen molar-refractivity contribution in [3.63, 3.8) is 0 Å². The number of carbonyl (C=O) groups excluding carboxylic acids is 3. The Morgan fingerprint density at radius 2 is 1.82 bits per heavy atom. The summed E-state index contributed by atoms with van der Waals surface area (Å²) in [6, 6.07) is 6.71. The van der Waals surface area contributed by atoms with Crippen molar-refractivity contribution in [3.05, 3.63) is 29.8 Å². The van der Waals surface area contributed by atoms with Crippen molar-refractivity contribution in [1.29, 1.82) is 0 Å². The molecule has 1 aromatic heterocycles. The number of aromatic nitrogens is 1. The van der Waals surface area contributed by atoms with Crippen LogP contribution in [0, 0.1) is 29.1 Å². The van der Waals surface area contributed by atoms with E-state index in [0.29, 0.717) is 29.7 Å². The summed E-state index contributed by atoms with van der Waals surface area (Å²) in [5.41, 5.74) is 1.25. The first kappa shape index (κ1) is 30.3. The maximum Gasteiger partial charge on any atom is 0.408 e. The number of ether oxygens (including phenoxy) is 3. The van der Waals surface area contributed by atoms with E-state index in [1.165, 1.54) is 6.42 Å². The Balaban J connectivity index is 1.21. The maximum atomic E-state index is 14.2. The number of hydrogen-bond acceptors (Lipinski definition) is 7. The van der Waals surface area contributed by atoms with Crippen molar-refractivity contribution in [3.8, 4) is 11.6 Å². The van der Waals surface area contributed by atoms with Gasteiger partial charge in [0.05, 0.1) is 24.2 Å². The molecule has 5 aliphatic rings. The van der Waals surface area contributed by atoms with Crippen molar-refractivity contribution in [2.75, 3.05) is 6.54 Å². The van der Waals surface area contributed by atoms with Gasteiger partial charge in [0.2, 0.25) is 11.8 Å². The smallest absolute Gasteiger partial charge is 0.408 e. The molecule has 3 aliphatic carbocycles. The lowest BCUT2D eigenvalue weighted by Crippen LogP contribution is -2.56. The Hall–Kier alpha value is -3.36. The summed E-state index contributed by atoms with van der Waals surface area (Å²) in [6.45, 7) is 7.94. The van der Waals surface area contributed by atoms with E-state index < -0.39 is 29.7 Å². The number of carbonyl (C=O) groups is 3. The summed E-state index contributed by atoms with van der Waals surface area (Å²) in [7, 11) is 0. The van der Waals surface area contributed by atoms with Gasteiger partial charge in [0.1, 0.15) is 30.3 Å². The van der Waals surface area contributed by atoms with Gasteiger partial charge < -0.3 is 29.2 Å². The minimum absolute atomic E-state index is 0.110.